The van der Waals surface area contributed by atoms with Crippen molar-refractivity contribution in [3.05, 3.63) is 22.1 Å². The summed E-state index contributed by atoms with van der Waals surface area (Å²) in [6, 6.07) is 0. The van der Waals surface area contributed by atoms with Gasteiger partial charge in [-0.2, -0.15) is 0 Å². The first kappa shape index (κ1) is 8.77. The standard InChI is InChI=1S/C8H13N3O/c1-5(2)3-6-4-10-8(9)11-7(6)12/h4-5H,3H2,1-2H3,(H3,9,10,11,12). The zero-order valence-electron chi connectivity index (χ0n) is 7.29. The van der Waals surface area contributed by atoms with E-state index >= 15 is 0 Å². The highest BCUT2D eigenvalue weighted by molar-refractivity contribution is 5.17. The smallest absolute Gasteiger partial charge is 0.255 e. The number of nitrogen functional groups attached to an aromatic ring is 1. The van der Waals surface area contributed by atoms with Crippen LogP contribution in [0.4, 0.5) is 5.95 Å². The molecule has 12 heavy (non-hydrogen) atoms. The van der Waals surface area contributed by atoms with E-state index in [0.717, 1.165) is 6.42 Å². The third-order valence-electron chi connectivity index (χ3n) is 1.52. The summed E-state index contributed by atoms with van der Waals surface area (Å²) in [7, 11) is 0. The topological polar surface area (TPSA) is 71.8 Å². The first-order valence-corrected chi connectivity index (χ1v) is 3.93. The van der Waals surface area contributed by atoms with Crippen LogP contribution in [-0.4, -0.2) is 9.97 Å². The molecular weight excluding hydrogens is 154 g/mol. The predicted octanol–water partition coefficient (Wildman–Crippen LogP) is 0.551. The van der Waals surface area contributed by atoms with Gasteiger partial charge in [-0.1, -0.05) is 13.8 Å². The minimum absolute atomic E-state index is 0.129. The van der Waals surface area contributed by atoms with Crippen LogP contribution in [-0.2, 0) is 6.42 Å². The average molecular weight is 167 g/mol. The summed E-state index contributed by atoms with van der Waals surface area (Å²) in [6.07, 6.45) is 2.27. The molecule has 0 aliphatic heterocycles. The van der Waals surface area contributed by atoms with E-state index in [4.69, 9.17) is 5.73 Å². The molecule has 0 unspecified atom stereocenters. The number of hydrogen-bond donors (Lipinski definition) is 2. The second-order valence-corrected chi connectivity index (χ2v) is 3.22. The Morgan fingerprint density at radius 1 is 1.67 bits per heavy atom. The number of nitrogens with one attached hydrogen (secondary N) is 1. The van der Waals surface area contributed by atoms with Gasteiger partial charge in [0.2, 0.25) is 0 Å². The molecule has 0 amide bonds. The molecule has 0 fully saturated rings. The third-order valence-corrected chi connectivity index (χ3v) is 1.52. The summed E-state index contributed by atoms with van der Waals surface area (Å²) < 4.78 is 0. The molecule has 0 aromatic carbocycles. The number of hydrogen-bond acceptors (Lipinski definition) is 3. The van der Waals surface area contributed by atoms with Gasteiger partial charge in [-0.05, 0) is 12.3 Å². The van der Waals surface area contributed by atoms with Crippen LogP contribution in [0.2, 0.25) is 0 Å². The van der Waals surface area contributed by atoms with Gasteiger partial charge in [-0.25, -0.2) is 4.98 Å². The second-order valence-electron chi connectivity index (χ2n) is 3.22. The van der Waals surface area contributed by atoms with Crippen LogP contribution < -0.4 is 11.3 Å². The summed E-state index contributed by atoms with van der Waals surface area (Å²) in [4.78, 5) is 17.5. The first-order chi connectivity index (χ1) is 5.59. The first-order valence-electron chi connectivity index (χ1n) is 3.93. The maximum atomic E-state index is 11.2. The minimum atomic E-state index is -0.129. The third kappa shape index (κ3) is 2.08. The van der Waals surface area contributed by atoms with E-state index in [-0.39, 0.29) is 11.5 Å². The van der Waals surface area contributed by atoms with Crippen LogP contribution in [0.5, 0.6) is 0 Å². The van der Waals surface area contributed by atoms with Gasteiger partial charge < -0.3 is 5.73 Å². The molecule has 66 valence electrons. The molecule has 0 saturated heterocycles. The molecular formula is C8H13N3O. The van der Waals surface area contributed by atoms with Crippen molar-refractivity contribution in [1.82, 2.24) is 9.97 Å². The lowest BCUT2D eigenvalue weighted by atomic mass is 10.1. The van der Waals surface area contributed by atoms with Crippen LogP contribution in [0.15, 0.2) is 11.0 Å². The van der Waals surface area contributed by atoms with Gasteiger partial charge in [-0.15, -0.1) is 0 Å². The Morgan fingerprint density at radius 2 is 2.33 bits per heavy atom. The average Bonchev–Trinajstić information content (AvgIpc) is 1.94. The van der Waals surface area contributed by atoms with Crippen molar-refractivity contribution in [2.75, 3.05) is 5.73 Å². The Hall–Kier alpha value is -1.32. The molecule has 1 aromatic heterocycles. The number of anilines is 1. The number of H-pyrrole nitrogens is 1. The van der Waals surface area contributed by atoms with Gasteiger partial charge in [0, 0.05) is 11.8 Å². The van der Waals surface area contributed by atoms with Crippen LogP contribution in [0, 0.1) is 5.92 Å². The van der Waals surface area contributed by atoms with Gasteiger partial charge >= 0.3 is 0 Å². The van der Waals surface area contributed by atoms with Crippen LogP contribution >= 0.6 is 0 Å². The van der Waals surface area contributed by atoms with Crippen molar-refractivity contribution >= 4 is 5.95 Å². The van der Waals surface area contributed by atoms with E-state index in [0.29, 0.717) is 11.5 Å². The van der Waals surface area contributed by atoms with E-state index < -0.39 is 0 Å². The Kier molecular flexibility index (Phi) is 2.47. The summed E-state index contributed by atoms with van der Waals surface area (Å²) in [5.41, 5.74) is 5.86. The normalized spacial score (nSPS) is 10.6. The molecule has 3 N–H and O–H groups in total. The number of rotatable bonds is 2. The fourth-order valence-corrected chi connectivity index (χ4v) is 1.02. The molecule has 0 aliphatic rings. The predicted molar refractivity (Wildman–Crippen MR) is 47.8 cm³/mol. The van der Waals surface area contributed by atoms with Crippen LogP contribution in [0.3, 0.4) is 0 Å². The molecule has 1 rings (SSSR count). The van der Waals surface area contributed by atoms with Gasteiger partial charge in [0.05, 0.1) is 0 Å². The maximum absolute atomic E-state index is 11.2. The monoisotopic (exact) mass is 167 g/mol. The van der Waals surface area contributed by atoms with Crippen molar-refractivity contribution in [2.24, 2.45) is 5.92 Å². The molecule has 0 radical (unpaired) electrons. The van der Waals surface area contributed by atoms with E-state index in [2.05, 4.69) is 23.8 Å². The van der Waals surface area contributed by atoms with Crippen LogP contribution in [0.1, 0.15) is 19.4 Å². The lowest BCUT2D eigenvalue weighted by Gasteiger charge is -2.02. The summed E-state index contributed by atoms with van der Waals surface area (Å²) in [5, 5.41) is 0. The van der Waals surface area contributed by atoms with E-state index in [1.54, 1.807) is 0 Å². The molecule has 0 saturated carbocycles. The molecule has 0 bridgehead atoms. The lowest BCUT2D eigenvalue weighted by Crippen LogP contribution is -2.17. The number of nitrogens with zero attached hydrogens (tertiary/aromatic N) is 1. The van der Waals surface area contributed by atoms with Gasteiger partial charge in [-0.3, -0.25) is 9.78 Å². The van der Waals surface area contributed by atoms with Crippen LogP contribution in [0.25, 0.3) is 0 Å². The summed E-state index contributed by atoms with van der Waals surface area (Å²) >= 11 is 0. The quantitative estimate of drug-likeness (QED) is 0.675. The van der Waals surface area contributed by atoms with Gasteiger partial charge in [0.15, 0.2) is 5.95 Å². The second kappa shape index (κ2) is 3.38. The molecule has 1 aromatic rings. The highest BCUT2D eigenvalue weighted by atomic mass is 16.1. The number of aromatic nitrogens is 2. The fourth-order valence-electron chi connectivity index (χ4n) is 1.02. The Labute approximate surface area is 70.8 Å². The van der Waals surface area contributed by atoms with E-state index in [9.17, 15) is 4.79 Å². The van der Waals surface area contributed by atoms with E-state index in [1.165, 1.54) is 6.20 Å². The van der Waals surface area contributed by atoms with E-state index in [1.807, 2.05) is 0 Å². The lowest BCUT2D eigenvalue weighted by molar-refractivity contribution is 0.640. The van der Waals surface area contributed by atoms with Gasteiger partial charge in [0.25, 0.3) is 5.56 Å². The fraction of sp³-hybridized carbons (Fsp3) is 0.500. The number of aromatic amines is 1. The molecule has 4 heteroatoms. The molecule has 1 heterocycles. The largest absolute Gasteiger partial charge is 0.369 e. The van der Waals surface area contributed by atoms with Crippen molar-refractivity contribution in [3.63, 3.8) is 0 Å². The highest BCUT2D eigenvalue weighted by Gasteiger charge is 2.02. The van der Waals surface area contributed by atoms with Crippen molar-refractivity contribution < 1.29 is 0 Å². The SMILES string of the molecule is CC(C)Cc1cnc(N)[nH]c1=O. The zero-order valence-corrected chi connectivity index (χ0v) is 7.29. The Morgan fingerprint density at radius 3 is 2.83 bits per heavy atom. The van der Waals surface area contributed by atoms with Crippen molar-refractivity contribution in [2.45, 2.75) is 20.3 Å². The molecule has 0 spiro atoms. The molecule has 0 atom stereocenters. The zero-order chi connectivity index (χ0) is 9.14. The summed E-state index contributed by atoms with van der Waals surface area (Å²) in [6.45, 7) is 4.10. The minimum Gasteiger partial charge on any atom is -0.369 e. The van der Waals surface area contributed by atoms with Gasteiger partial charge in [0.1, 0.15) is 0 Å². The number of nitrogens with two attached hydrogens (primary N) is 1. The molecule has 0 aliphatic carbocycles. The molecule has 4 nitrogen and oxygen atoms in total. The Bertz CT molecular complexity index is 316. The van der Waals surface area contributed by atoms with Crippen molar-refractivity contribution in [1.29, 1.82) is 0 Å². The Balaban J connectivity index is 2.94. The highest BCUT2D eigenvalue weighted by Crippen LogP contribution is 2.01. The summed E-state index contributed by atoms with van der Waals surface area (Å²) in [5.74, 6) is 0.629. The van der Waals surface area contributed by atoms with Crippen molar-refractivity contribution in [3.8, 4) is 0 Å². The maximum Gasteiger partial charge on any atom is 0.255 e.